The minimum Gasteiger partial charge on any atom is -0.463 e. The van der Waals surface area contributed by atoms with Gasteiger partial charge in [0, 0.05) is 34.6 Å². The standard InChI is InChI=1S/2C9H16O3.Ti/c2*1-4-5-8(10)6-9(11)12-7(2)3;/h2*7H,4-6H2,1-3H3;. The maximum absolute atomic E-state index is 10.9. The fourth-order valence-corrected chi connectivity index (χ4v) is 1.67. The van der Waals surface area contributed by atoms with Gasteiger partial charge < -0.3 is 9.47 Å². The SMILES string of the molecule is CCCC(=O)CC(=O)OC(C)C.CCCC(=O)CC(=O)OC(C)C.[Ti]. The van der Waals surface area contributed by atoms with Gasteiger partial charge in [-0.2, -0.15) is 0 Å². The summed E-state index contributed by atoms with van der Waals surface area (Å²) in [5, 5.41) is 0. The zero-order chi connectivity index (χ0) is 19.1. The molecular formula is C18H32O6Ti. The molecule has 0 aliphatic heterocycles. The summed E-state index contributed by atoms with van der Waals surface area (Å²) in [6.45, 7) is 10.9. The Morgan fingerprint density at radius 1 is 0.680 bits per heavy atom. The van der Waals surface area contributed by atoms with E-state index < -0.39 is 11.9 Å². The van der Waals surface area contributed by atoms with Gasteiger partial charge in [-0.1, -0.05) is 13.8 Å². The first-order chi connectivity index (χ1) is 11.1. The zero-order valence-electron chi connectivity index (χ0n) is 16.3. The van der Waals surface area contributed by atoms with Crippen molar-refractivity contribution >= 4 is 23.5 Å². The number of carbonyl (C=O) groups excluding carboxylic acids is 4. The fraction of sp³-hybridized carbons (Fsp3) is 0.778. The first-order valence-corrected chi connectivity index (χ1v) is 8.54. The minimum atomic E-state index is -0.413. The molecule has 6 nitrogen and oxygen atoms in total. The van der Waals surface area contributed by atoms with Crippen molar-refractivity contribution in [3.8, 4) is 0 Å². The molecule has 0 unspecified atom stereocenters. The van der Waals surface area contributed by atoms with Crippen LogP contribution in [0.15, 0.2) is 0 Å². The second kappa shape index (κ2) is 17.8. The molecule has 0 N–H and O–H groups in total. The topological polar surface area (TPSA) is 86.7 Å². The van der Waals surface area contributed by atoms with Crippen molar-refractivity contribution in [1.82, 2.24) is 0 Å². The Morgan fingerprint density at radius 3 is 1.16 bits per heavy atom. The maximum Gasteiger partial charge on any atom is 0.313 e. The van der Waals surface area contributed by atoms with Crippen molar-refractivity contribution in [1.29, 1.82) is 0 Å². The monoisotopic (exact) mass is 392 g/mol. The van der Waals surface area contributed by atoms with Crippen LogP contribution in [0.1, 0.15) is 80.1 Å². The van der Waals surface area contributed by atoms with E-state index in [4.69, 9.17) is 9.47 Å². The normalized spacial score (nSPS) is 9.60. The largest absolute Gasteiger partial charge is 0.463 e. The van der Waals surface area contributed by atoms with Gasteiger partial charge in [-0.3, -0.25) is 19.2 Å². The van der Waals surface area contributed by atoms with Crippen LogP contribution in [-0.2, 0) is 50.4 Å². The van der Waals surface area contributed by atoms with Crippen LogP contribution in [0.4, 0.5) is 0 Å². The number of rotatable bonds is 10. The predicted molar refractivity (Wildman–Crippen MR) is 91.5 cm³/mol. The quantitative estimate of drug-likeness (QED) is 0.322. The summed E-state index contributed by atoms with van der Waals surface area (Å²) in [5.41, 5.74) is 0. The number of esters is 2. The van der Waals surface area contributed by atoms with Crippen molar-refractivity contribution in [3.63, 3.8) is 0 Å². The molecule has 0 saturated heterocycles. The molecule has 0 spiro atoms. The molecule has 0 fully saturated rings. The summed E-state index contributed by atoms with van der Waals surface area (Å²) in [6.07, 6.45) is 2.08. The van der Waals surface area contributed by atoms with Gasteiger partial charge in [0.05, 0.1) is 12.2 Å². The van der Waals surface area contributed by atoms with E-state index in [9.17, 15) is 19.2 Å². The number of hydrogen-bond donors (Lipinski definition) is 0. The number of carbonyl (C=O) groups is 4. The Morgan fingerprint density at radius 2 is 0.960 bits per heavy atom. The van der Waals surface area contributed by atoms with E-state index in [2.05, 4.69) is 0 Å². The first kappa shape index (κ1) is 28.8. The maximum atomic E-state index is 10.9. The van der Waals surface area contributed by atoms with Gasteiger partial charge in [0.25, 0.3) is 0 Å². The van der Waals surface area contributed by atoms with E-state index in [0.717, 1.165) is 12.8 Å². The molecular weight excluding hydrogens is 360 g/mol. The molecule has 0 aliphatic carbocycles. The van der Waals surface area contributed by atoms with Crippen LogP contribution in [0.2, 0.25) is 0 Å². The van der Waals surface area contributed by atoms with Crippen LogP contribution in [0.25, 0.3) is 0 Å². The van der Waals surface area contributed by atoms with Crippen LogP contribution >= 0.6 is 0 Å². The summed E-state index contributed by atoms with van der Waals surface area (Å²) in [7, 11) is 0. The molecule has 0 bridgehead atoms. The van der Waals surface area contributed by atoms with Crippen molar-refractivity contribution < 1.29 is 50.4 Å². The van der Waals surface area contributed by atoms with Gasteiger partial charge in [0.15, 0.2) is 0 Å². The van der Waals surface area contributed by atoms with Gasteiger partial charge in [0.2, 0.25) is 0 Å². The molecule has 0 saturated carbocycles. The van der Waals surface area contributed by atoms with Crippen LogP contribution in [-0.4, -0.2) is 35.7 Å². The van der Waals surface area contributed by atoms with Crippen LogP contribution in [0.3, 0.4) is 0 Å². The molecule has 0 heterocycles. The van der Waals surface area contributed by atoms with Crippen molar-refractivity contribution in [2.24, 2.45) is 0 Å². The Hall–Kier alpha value is -1.01. The van der Waals surface area contributed by atoms with E-state index in [1.54, 1.807) is 27.7 Å². The number of Topliss-reactive ketones (excluding diaryl/α,β-unsaturated/α-hetero) is 2. The molecule has 144 valence electrons. The molecule has 0 atom stereocenters. The second-order valence-electron chi connectivity index (χ2n) is 6.01. The predicted octanol–water partition coefficient (Wildman–Crippen LogP) is 3.39. The Kier molecular flexibility index (Phi) is 20.5. The molecule has 0 amide bonds. The van der Waals surface area contributed by atoms with E-state index in [0.29, 0.717) is 12.8 Å². The summed E-state index contributed by atoms with van der Waals surface area (Å²) in [6, 6.07) is 0. The Balaban J connectivity index is -0.000000372. The molecule has 0 aromatic carbocycles. The van der Waals surface area contributed by atoms with Crippen molar-refractivity contribution in [2.45, 2.75) is 92.3 Å². The summed E-state index contributed by atoms with van der Waals surface area (Å²) >= 11 is 0. The van der Waals surface area contributed by atoms with E-state index in [1.807, 2.05) is 13.8 Å². The molecule has 0 rings (SSSR count). The molecule has 25 heavy (non-hydrogen) atoms. The summed E-state index contributed by atoms with van der Waals surface area (Å²) in [5.74, 6) is -0.904. The molecule has 0 radical (unpaired) electrons. The number of hydrogen-bond acceptors (Lipinski definition) is 6. The Bertz CT molecular complexity index is 366. The third-order valence-electron chi connectivity index (χ3n) is 2.47. The first-order valence-electron chi connectivity index (χ1n) is 8.54. The zero-order valence-corrected chi connectivity index (χ0v) is 17.9. The number of ketones is 2. The average Bonchev–Trinajstić information content (AvgIpc) is 2.37. The minimum absolute atomic E-state index is 0. The van der Waals surface area contributed by atoms with Gasteiger partial charge in [-0.15, -0.1) is 0 Å². The van der Waals surface area contributed by atoms with Crippen molar-refractivity contribution in [3.05, 3.63) is 0 Å². The second-order valence-corrected chi connectivity index (χ2v) is 6.01. The molecule has 0 aromatic heterocycles. The number of ether oxygens (including phenoxy) is 2. The Labute approximate surface area is 166 Å². The third kappa shape index (κ3) is 23.0. The van der Waals surface area contributed by atoms with Gasteiger partial charge in [-0.05, 0) is 40.5 Å². The van der Waals surface area contributed by atoms with E-state index in [1.165, 1.54) is 0 Å². The molecule has 7 heteroatoms. The summed E-state index contributed by atoms with van der Waals surface area (Å²) in [4.78, 5) is 43.7. The summed E-state index contributed by atoms with van der Waals surface area (Å²) < 4.78 is 9.61. The van der Waals surface area contributed by atoms with E-state index in [-0.39, 0.29) is 58.3 Å². The van der Waals surface area contributed by atoms with Crippen molar-refractivity contribution in [2.75, 3.05) is 0 Å². The van der Waals surface area contributed by atoms with Gasteiger partial charge >= 0.3 is 11.9 Å². The van der Waals surface area contributed by atoms with E-state index >= 15 is 0 Å². The van der Waals surface area contributed by atoms with Crippen LogP contribution in [0, 0.1) is 0 Å². The van der Waals surface area contributed by atoms with Crippen LogP contribution < -0.4 is 0 Å². The molecule has 0 aliphatic rings. The van der Waals surface area contributed by atoms with Crippen LogP contribution in [0.5, 0.6) is 0 Å². The molecule has 0 aromatic rings. The third-order valence-corrected chi connectivity index (χ3v) is 2.47. The average molecular weight is 392 g/mol. The van der Waals surface area contributed by atoms with Gasteiger partial charge in [-0.25, -0.2) is 0 Å². The fourth-order valence-electron chi connectivity index (χ4n) is 1.67. The smallest absolute Gasteiger partial charge is 0.313 e. The van der Waals surface area contributed by atoms with Gasteiger partial charge in [0.1, 0.15) is 24.4 Å².